The van der Waals surface area contributed by atoms with Crippen LogP contribution in [0.3, 0.4) is 0 Å². The van der Waals surface area contributed by atoms with Crippen molar-refractivity contribution in [2.75, 3.05) is 5.73 Å². The zero-order chi connectivity index (χ0) is 13.4. The number of nitrogens with zero attached hydrogens (tertiary/aromatic N) is 2. The molecule has 0 amide bonds. The summed E-state index contributed by atoms with van der Waals surface area (Å²) >= 11 is 7.43. The monoisotopic (exact) mass is 289 g/mol. The number of anilines is 1. The van der Waals surface area contributed by atoms with E-state index in [0.29, 0.717) is 5.69 Å². The van der Waals surface area contributed by atoms with Gasteiger partial charge >= 0.3 is 0 Å². The Bertz CT molecular complexity index is 730. The van der Waals surface area contributed by atoms with Crippen molar-refractivity contribution >= 4 is 28.6 Å². The first-order valence-corrected chi connectivity index (χ1v) is 7.06. The highest BCUT2D eigenvalue weighted by Gasteiger charge is 2.12. The molecule has 0 spiro atoms. The van der Waals surface area contributed by atoms with Crippen LogP contribution in [0, 0.1) is 6.92 Å². The minimum atomic E-state index is 0.651. The molecule has 3 rings (SSSR count). The predicted octanol–water partition coefficient (Wildman–Crippen LogP) is 4.14. The second-order valence-electron chi connectivity index (χ2n) is 4.30. The second kappa shape index (κ2) is 4.72. The van der Waals surface area contributed by atoms with E-state index < -0.39 is 0 Å². The van der Waals surface area contributed by atoms with Gasteiger partial charge < -0.3 is 5.73 Å². The van der Waals surface area contributed by atoms with Gasteiger partial charge in [0.1, 0.15) is 5.69 Å². The van der Waals surface area contributed by atoms with E-state index in [4.69, 9.17) is 17.3 Å². The quantitative estimate of drug-likeness (QED) is 0.770. The van der Waals surface area contributed by atoms with Crippen molar-refractivity contribution in [2.24, 2.45) is 0 Å². The fourth-order valence-corrected chi connectivity index (χ4v) is 2.86. The summed E-state index contributed by atoms with van der Waals surface area (Å²) in [6.45, 7) is 2.05. The molecule has 0 radical (unpaired) electrons. The topological polar surface area (TPSA) is 43.8 Å². The molecule has 2 heterocycles. The van der Waals surface area contributed by atoms with Gasteiger partial charge in [0.25, 0.3) is 0 Å². The van der Waals surface area contributed by atoms with Crippen LogP contribution in [-0.4, -0.2) is 9.78 Å². The van der Waals surface area contributed by atoms with E-state index in [1.165, 1.54) is 11.3 Å². The van der Waals surface area contributed by atoms with Crippen molar-refractivity contribution in [1.82, 2.24) is 9.78 Å². The normalized spacial score (nSPS) is 10.8. The Labute approximate surface area is 120 Å². The Morgan fingerprint density at radius 1 is 1.32 bits per heavy atom. The van der Waals surface area contributed by atoms with Crippen LogP contribution in [0.1, 0.15) is 5.56 Å². The average molecular weight is 290 g/mol. The fraction of sp³-hybridized carbons (Fsp3) is 0.0714. The molecule has 3 aromatic rings. The van der Waals surface area contributed by atoms with Crippen LogP contribution in [0.2, 0.25) is 4.34 Å². The SMILES string of the molecule is Cc1ccccc1-n1cc(N)c(-c2csc(Cl)c2)n1. The highest BCUT2D eigenvalue weighted by molar-refractivity contribution is 7.14. The molecule has 0 saturated carbocycles. The summed E-state index contributed by atoms with van der Waals surface area (Å²) in [5, 5.41) is 6.53. The zero-order valence-corrected chi connectivity index (χ0v) is 11.9. The van der Waals surface area contributed by atoms with E-state index in [2.05, 4.69) is 5.10 Å². The molecular weight excluding hydrogens is 278 g/mol. The maximum Gasteiger partial charge on any atom is 0.117 e. The van der Waals surface area contributed by atoms with Gasteiger partial charge in [0, 0.05) is 10.9 Å². The van der Waals surface area contributed by atoms with Crippen LogP contribution in [0.15, 0.2) is 41.9 Å². The Hall–Kier alpha value is -1.78. The molecule has 5 heteroatoms. The van der Waals surface area contributed by atoms with Crippen molar-refractivity contribution in [1.29, 1.82) is 0 Å². The molecule has 3 nitrogen and oxygen atoms in total. The third-order valence-corrected chi connectivity index (χ3v) is 4.04. The minimum absolute atomic E-state index is 0.651. The third kappa shape index (κ3) is 2.25. The van der Waals surface area contributed by atoms with Gasteiger partial charge in [-0.25, -0.2) is 4.68 Å². The zero-order valence-electron chi connectivity index (χ0n) is 10.3. The van der Waals surface area contributed by atoms with Crippen LogP contribution < -0.4 is 5.73 Å². The van der Waals surface area contributed by atoms with Gasteiger partial charge in [0.15, 0.2) is 0 Å². The lowest BCUT2D eigenvalue weighted by atomic mass is 10.2. The Balaban J connectivity index is 2.10. The standard InChI is InChI=1S/C14H12ClN3S/c1-9-4-2-3-5-12(9)18-7-11(16)14(17-18)10-6-13(15)19-8-10/h2-8H,16H2,1H3. The number of hydrogen-bond acceptors (Lipinski definition) is 3. The van der Waals surface area contributed by atoms with Gasteiger partial charge in [-0.05, 0) is 24.6 Å². The molecule has 1 aromatic carbocycles. The molecule has 2 N–H and O–H groups in total. The molecule has 2 aromatic heterocycles. The largest absolute Gasteiger partial charge is 0.396 e. The summed E-state index contributed by atoms with van der Waals surface area (Å²) in [6.07, 6.45) is 1.84. The number of halogens is 1. The van der Waals surface area contributed by atoms with Gasteiger partial charge in [-0.3, -0.25) is 0 Å². The number of para-hydroxylation sites is 1. The summed E-state index contributed by atoms with van der Waals surface area (Å²) < 4.78 is 2.55. The molecule has 0 aliphatic carbocycles. The number of thiophene rings is 1. The molecule has 19 heavy (non-hydrogen) atoms. The number of nitrogens with two attached hydrogens (primary N) is 1. The molecule has 96 valence electrons. The average Bonchev–Trinajstić information content (AvgIpc) is 2.96. The van der Waals surface area contributed by atoms with Crippen molar-refractivity contribution < 1.29 is 0 Å². The molecule has 0 aliphatic rings. The van der Waals surface area contributed by atoms with Crippen molar-refractivity contribution in [3.8, 4) is 16.9 Å². The van der Waals surface area contributed by atoms with E-state index in [9.17, 15) is 0 Å². The van der Waals surface area contributed by atoms with E-state index in [1.807, 2.05) is 53.5 Å². The van der Waals surface area contributed by atoms with Gasteiger partial charge in [-0.15, -0.1) is 11.3 Å². The Morgan fingerprint density at radius 3 is 2.79 bits per heavy atom. The first-order valence-electron chi connectivity index (χ1n) is 5.80. The lowest BCUT2D eigenvalue weighted by Gasteiger charge is -2.04. The van der Waals surface area contributed by atoms with E-state index >= 15 is 0 Å². The number of benzene rings is 1. The highest BCUT2D eigenvalue weighted by Crippen LogP contribution is 2.31. The van der Waals surface area contributed by atoms with Crippen LogP contribution in [-0.2, 0) is 0 Å². The maximum absolute atomic E-state index is 6.05. The van der Waals surface area contributed by atoms with Gasteiger partial charge in [0.05, 0.1) is 21.9 Å². The molecule has 0 aliphatic heterocycles. The van der Waals surface area contributed by atoms with Crippen LogP contribution in [0.5, 0.6) is 0 Å². The fourth-order valence-electron chi connectivity index (χ4n) is 1.99. The predicted molar refractivity (Wildman–Crippen MR) is 81.0 cm³/mol. The van der Waals surface area contributed by atoms with E-state index in [0.717, 1.165) is 26.8 Å². The number of nitrogen functional groups attached to an aromatic ring is 1. The lowest BCUT2D eigenvalue weighted by molar-refractivity contribution is 0.877. The van der Waals surface area contributed by atoms with Crippen molar-refractivity contribution in [3.05, 3.63) is 51.8 Å². The molecule has 0 atom stereocenters. The molecule has 0 bridgehead atoms. The van der Waals surface area contributed by atoms with E-state index in [1.54, 1.807) is 0 Å². The van der Waals surface area contributed by atoms with Crippen LogP contribution in [0.25, 0.3) is 16.9 Å². The third-order valence-electron chi connectivity index (χ3n) is 2.95. The smallest absolute Gasteiger partial charge is 0.117 e. The lowest BCUT2D eigenvalue weighted by Crippen LogP contribution is -1.97. The summed E-state index contributed by atoms with van der Waals surface area (Å²) in [5.74, 6) is 0. The number of rotatable bonds is 2. The highest BCUT2D eigenvalue weighted by atomic mass is 35.5. The first-order chi connectivity index (χ1) is 9.15. The summed E-state index contributed by atoms with van der Waals surface area (Å²) in [6, 6.07) is 9.94. The van der Waals surface area contributed by atoms with E-state index in [-0.39, 0.29) is 0 Å². The summed E-state index contributed by atoms with van der Waals surface area (Å²) in [7, 11) is 0. The van der Waals surface area contributed by atoms with Crippen molar-refractivity contribution in [3.63, 3.8) is 0 Å². The number of aromatic nitrogens is 2. The Kier molecular flexibility index (Phi) is 3.05. The Morgan fingerprint density at radius 2 is 2.11 bits per heavy atom. The van der Waals surface area contributed by atoms with Crippen LogP contribution >= 0.6 is 22.9 Å². The molecular formula is C14H12ClN3S. The van der Waals surface area contributed by atoms with Crippen molar-refractivity contribution in [2.45, 2.75) is 6.92 Å². The second-order valence-corrected chi connectivity index (χ2v) is 5.85. The summed E-state index contributed by atoms with van der Waals surface area (Å²) in [5.41, 5.74) is 10.6. The summed E-state index contributed by atoms with van der Waals surface area (Å²) in [4.78, 5) is 0. The minimum Gasteiger partial charge on any atom is -0.396 e. The van der Waals surface area contributed by atoms with Gasteiger partial charge in [0.2, 0.25) is 0 Å². The molecule has 0 unspecified atom stereocenters. The van der Waals surface area contributed by atoms with Crippen LogP contribution in [0.4, 0.5) is 5.69 Å². The van der Waals surface area contributed by atoms with Gasteiger partial charge in [-0.1, -0.05) is 29.8 Å². The molecule has 0 saturated heterocycles. The number of hydrogen-bond donors (Lipinski definition) is 1. The first kappa shape index (κ1) is 12.3. The molecule has 0 fully saturated rings. The number of aryl methyl sites for hydroxylation is 1. The maximum atomic E-state index is 6.05. The van der Waals surface area contributed by atoms with Gasteiger partial charge in [-0.2, -0.15) is 5.10 Å².